The van der Waals surface area contributed by atoms with Crippen molar-refractivity contribution in [3.63, 3.8) is 0 Å². The molecule has 0 saturated heterocycles. The van der Waals surface area contributed by atoms with Crippen LogP contribution >= 0.6 is 23.2 Å². The lowest BCUT2D eigenvalue weighted by Gasteiger charge is -2.09. The molecule has 0 aliphatic carbocycles. The van der Waals surface area contributed by atoms with Gasteiger partial charge in [0.05, 0.1) is 0 Å². The molecule has 0 aliphatic heterocycles. The highest BCUT2D eigenvalue weighted by Gasteiger charge is 2.14. The Kier molecular flexibility index (Phi) is 6.49. The molecule has 0 spiro atoms. The molecule has 0 fully saturated rings. The number of nitrogens with one attached hydrogen (secondary N) is 3. The van der Waals surface area contributed by atoms with E-state index in [2.05, 4.69) is 21.3 Å². The molecule has 3 N–H and O–H groups in total. The van der Waals surface area contributed by atoms with E-state index in [1.54, 1.807) is 32.0 Å². The van der Waals surface area contributed by atoms with Crippen molar-refractivity contribution in [3.05, 3.63) is 45.8 Å². The lowest BCUT2D eigenvalue weighted by molar-refractivity contribution is 0.0926. The van der Waals surface area contributed by atoms with E-state index >= 15 is 0 Å². The molecule has 134 valence electrons. The maximum absolute atomic E-state index is 11.9. The normalized spacial score (nSPS) is 10.4. The Hall–Kier alpha value is -2.45. The number of ether oxygens (including phenoxy) is 1. The zero-order valence-corrected chi connectivity index (χ0v) is 14.9. The Labute approximate surface area is 153 Å². The number of nitrogens with zero attached hydrogens (tertiary/aromatic N) is 1. The minimum absolute atomic E-state index is 0.00688. The van der Waals surface area contributed by atoms with Gasteiger partial charge in [-0.1, -0.05) is 28.4 Å². The van der Waals surface area contributed by atoms with Crippen molar-refractivity contribution in [1.82, 2.24) is 21.3 Å². The minimum Gasteiger partial charge on any atom is -0.485 e. The summed E-state index contributed by atoms with van der Waals surface area (Å²) in [6.07, 6.45) is 0. The first-order valence-electron chi connectivity index (χ1n) is 7.25. The zero-order valence-electron chi connectivity index (χ0n) is 13.4. The average molecular weight is 387 g/mol. The number of carbonyl (C=O) groups is 2. The van der Waals surface area contributed by atoms with Crippen molar-refractivity contribution in [3.8, 4) is 5.75 Å². The first-order chi connectivity index (χ1) is 11.8. The lowest BCUT2D eigenvalue weighted by atomic mass is 10.3. The molecule has 0 saturated carbocycles. The van der Waals surface area contributed by atoms with Crippen LogP contribution in [0.1, 0.15) is 30.1 Å². The van der Waals surface area contributed by atoms with Crippen molar-refractivity contribution < 1.29 is 18.8 Å². The average Bonchev–Trinajstić information content (AvgIpc) is 2.98. The molecular weight excluding hydrogens is 371 g/mol. The maximum Gasteiger partial charge on any atom is 0.333 e. The van der Waals surface area contributed by atoms with Gasteiger partial charge in [-0.15, -0.1) is 0 Å². The van der Waals surface area contributed by atoms with Crippen LogP contribution in [-0.4, -0.2) is 23.1 Å². The summed E-state index contributed by atoms with van der Waals surface area (Å²) in [6, 6.07) is 5.56. The standard InChI is InChI=1S/C15H16Cl2N4O4/c1-8(2)18-15(23)20-19-14(22)13-6-12(25-21-13)7-24-11-4-9(16)3-10(17)5-11/h3-6,8H,7H2,1-2H3,(H,19,22)(H2,18,20,23). The van der Waals surface area contributed by atoms with E-state index in [1.807, 2.05) is 0 Å². The SMILES string of the molecule is CC(C)NC(=O)NNC(=O)c1cc(COc2cc(Cl)cc(Cl)c2)on1. The monoisotopic (exact) mass is 386 g/mol. The van der Waals surface area contributed by atoms with Gasteiger partial charge in [-0.05, 0) is 32.0 Å². The van der Waals surface area contributed by atoms with Gasteiger partial charge in [0.25, 0.3) is 5.91 Å². The molecule has 0 unspecified atom stereocenters. The number of hydrazine groups is 1. The number of hydrogen-bond acceptors (Lipinski definition) is 5. The molecule has 8 nitrogen and oxygen atoms in total. The summed E-state index contributed by atoms with van der Waals surface area (Å²) in [5.74, 6) is 0.138. The van der Waals surface area contributed by atoms with E-state index in [0.29, 0.717) is 21.6 Å². The lowest BCUT2D eigenvalue weighted by Crippen LogP contribution is -2.48. The number of benzene rings is 1. The smallest absolute Gasteiger partial charge is 0.333 e. The fraction of sp³-hybridized carbons (Fsp3) is 0.267. The van der Waals surface area contributed by atoms with Crippen molar-refractivity contribution in [2.24, 2.45) is 0 Å². The van der Waals surface area contributed by atoms with E-state index in [1.165, 1.54) is 6.07 Å². The second-order valence-electron chi connectivity index (χ2n) is 5.28. The van der Waals surface area contributed by atoms with E-state index < -0.39 is 11.9 Å². The number of halogens is 2. The molecule has 3 amide bonds. The number of urea groups is 1. The molecule has 25 heavy (non-hydrogen) atoms. The first kappa shape index (κ1) is 18.9. The van der Waals surface area contributed by atoms with Gasteiger partial charge in [0.2, 0.25) is 0 Å². The number of carbonyl (C=O) groups excluding carboxylic acids is 2. The van der Waals surface area contributed by atoms with Crippen LogP contribution in [0, 0.1) is 0 Å². The summed E-state index contributed by atoms with van der Waals surface area (Å²) < 4.78 is 10.5. The van der Waals surface area contributed by atoms with E-state index in [-0.39, 0.29) is 18.3 Å². The molecule has 2 rings (SSSR count). The van der Waals surface area contributed by atoms with Gasteiger partial charge >= 0.3 is 6.03 Å². The third-order valence-corrected chi connectivity index (χ3v) is 3.15. The van der Waals surface area contributed by atoms with E-state index in [9.17, 15) is 9.59 Å². The summed E-state index contributed by atoms with van der Waals surface area (Å²) in [5.41, 5.74) is 4.40. The van der Waals surface area contributed by atoms with Gasteiger partial charge in [-0.25, -0.2) is 10.2 Å². The van der Waals surface area contributed by atoms with Crippen LogP contribution in [0.5, 0.6) is 5.75 Å². The van der Waals surface area contributed by atoms with Gasteiger partial charge in [-0.2, -0.15) is 0 Å². The van der Waals surface area contributed by atoms with Crippen LogP contribution in [0.15, 0.2) is 28.8 Å². The fourth-order valence-electron chi connectivity index (χ4n) is 1.73. The van der Waals surface area contributed by atoms with Gasteiger partial charge in [0, 0.05) is 22.2 Å². The Bertz CT molecular complexity index is 743. The van der Waals surface area contributed by atoms with Crippen molar-refractivity contribution in [1.29, 1.82) is 0 Å². The molecule has 1 heterocycles. The van der Waals surface area contributed by atoms with Crippen LogP contribution in [-0.2, 0) is 6.61 Å². The number of aromatic nitrogens is 1. The second kappa shape index (κ2) is 8.59. The van der Waals surface area contributed by atoms with Crippen LogP contribution < -0.4 is 20.9 Å². The summed E-state index contributed by atoms with van der Waals surface area (Å²) in [7, 11) is 0. The Balaban J connectivity index is 1.86. The zero-order chi connectivity index (χ0) is 18.4. The largest absolute Gasteiger partial charge is 0.485 e. The van der Waals surface area contributed by atoms with E-state index in [0.717, 1.165) is 0 Å². The minimum atomic E-state index is -0.625. The predicted octanol–water partition coefficient (Wildman–Crippen LogP) is 2.91. The second-order valence-corrected chi connectivity index (χ2v) is 6.15. The van der Waals surface area contributed by atoms with Gasteiger partial charge in [-0.3, -0.25) is 10.2 Å². The van der Waals surface area contributed by atoms with Gasteiger partial charge < -0.3 is 14.6 Å². The van der Waals surface area contributed by atoms with Crippen LogP contribution in [0.4, 0.5) is 4.79 Å². The Morgan fingerprint density at radius 2 is 1.84 bits per heavy atom. The molecule has 2 aromatic rings. The molecule has 0 atom stereocenters. The summed E-state index contributed by atoms with van der Waals surface area (Å²) >= 11 is 11.8. The number of hydrogen-bond donors (Lipinski definition) is 3. The van der Waals surface area contributed by atoms with Crippen LogP contribution in [0.3, 0.4) is 0 Å². The molecule has 0 aliphatic rings. The van der Waals surface area contributed by atoms with Gasteiger partial charge in [0.1, 0.15) is 12.4 Å². The number of rotatable bonds is 5. The number of amides is 3. The maximum atomic E-state index is 11.9. The molecule has 10 heteroatoms. The molecule has 0 bridgehead atoms. The third-order valence-electron chi connectivity index (χ3n) is 2.72. The van der Waals surface area contributed by atoms with Crippen molar-refractivity contribution in [2.75, 3.05) is 0 Å². The summed E-state index contributed by atoms with van der Waals surface area (Å²) in [4.78, 5) is 23.2. The van der Waals surface area contributed by atoms with Gasteiger partial charge in [0.15, 0.2) is 11.5 Å². The van der Waals surface area contributed by atoms with Crippen LogP contribution in [0.2, 0.25) is 10.0 Å². The van der Waals surface area contributed by atoms with Crippen LogP contribution in [0.25, 0.3) is 0 Å². The fourth-order valence-corrected chi connectivity index (χ4v) is 2.24. The predicted molar refractivity (Wildman–Crippen MR) is 91.6 cm³/mol. The highest BCUT2D eigenvalue weighted by atomic mass is 35.5. The molecule has 1 aromatic carbocycles. The quantitative estimate of drug-likeness (QED) is 0.685. The molecule has 1 aromatic heterocycles. The first-order valence-corrected chi connectivity index (χ1v) is 8.00. The summed E-state index contributed by atoms with van der Waals surface area (Å²) in [5, 5.41) is 7.04. The third kappa shape index (κ3) is 6.17. The topological polar surface area (TPSA) is 105 Å². The Morgan fingerprint density at radius 3 is 2.48 bits per heavy atom. The Morgan fingerprint density at radius 1 is 1.16 bits per heavy atom. The van der Waals surface area contributed by atoms with Crippen molar-refractivity contribution in [2.45, 2.75) is 26.5 Å². The molecular formula is C15H16Cl2N4O4. The highest BCUT2D eigenvalue weighted by molar-refractivity contribution is 6.34. The molecule has 0 radical (unpaired) electrons. The van der Waals surface area contributed by atoms with E-state index in [4.69, 9.17) is 32.5 Å². The summed E-state index contributed by atoms with van der Waals surface area (Å²) in [6.45, 7) is 3.61. The van der Waals surface area contributed by atoms with Crippen molar-refractivity contribution >= 4 is 35.1 Å². The highest BCUT2D eigenvalue weighted by Crippen LogP contribution is 2.24.